The Kier molecular flexibility index (Phi) is 6.19. The molecule has 0 bridgehead atoms. The maximum Gasteiger partial charge on any atom is 0.269 e. The van der Waals surface area contributed by atoms with Gasteiger partial charge < -0.3 is 0 Å². The van der Waals surface area contributed by atoms with Crippen LogP contribution in [-0.2, 0) is 0 Å². The van der Waals surface area contributed by atoms with E-state index in [-0.39, 0.29) is 15.7 Å². The molecule has 0 aliphatic carbocycles. The number of anilines is 1. The highest BCUT2D eigenvalue weighted by Crippen LogP contribution is 2.25. The minimum absolute atomic E-state index is 0.0242. The number of nitrogens with zero attached hydrogens (tertiary/aromatic N) is 3. The summed E-state index contributed by atoms with van der Waals surface area (Å²) in [5.41, 5.74) is 3.10. The Morgan fingerprint density at radius 3 is 2.48 bits per heavy atom. The van der Waals surface area contributed by atoms with Gasteiger partial charge >= 0.3 is 0 Å². The summed E-state index contributed by atoms with van der Waals surface area (Å²) in [7, 11) is 0. The Balaban J connectivity index is 2.26. The molecule has 1 heterocycles. The first-order chi connectivity index (χ1) is 11.7. The summed E-state index contributed by atoms with van der Waals surface area (Å²) in [4.78, 5) is 20.4. The molecule has 1 amide bonds. The number of halogens is 3. The van der Waals surface area contributed by atoms with E-state index in [4.69, 9.17) is 23.2 Å². The standard InChI is InChI=1S/C17H19Cl2FN4O/c1-17(2,3)8-9-24(14-13(18)10-21-16(19)22-14)23-15(25)11-4-6-12(20)7-5-11/h4-7,10H,8-9H2,1-3H3,(H,23,25). The summed E-state index contributed by atoms with van der Waals surface area (Å²) in [5.74, 6) is -0.507. The Morgan fingerprint density at radius 1 is 1.24 bits per heavy atom. The fraction of sp³-hybridized carbons (Fsp3) is 0.353. The van der Waals surface area contributed by atoms with Crippen LogP contribution >= 0.6 is 23.2 Å². The van der Waals surface area contributed by atoms with Crippen molar-refractivity contribution >= 4 is 34.9 Å². The lowest BCUT2D eigenvalue weighted by Crippen LogP contribution is -2.44. The summed E-state index contributed by atoms with van der Waals surface area (Å²) >= 11 is 12.0. The molecule has 2 aromatic rings. The van der Waals surface area contributed by atoms with Gasteiger partial charge in [0.05, 0.1) is 6.20 Å². The molecule has 0 aliphatic heterocycles. The van der Waals surface area contributed by atoms with E-state index in [1.165, 1.54) is 35.5 Å². The summed E-state index contributed by atoms with van der Waals surface area (Å²) < 4.78 is 13.0. The third-order valence-electron chi connectivity index (χ3n) is 3.38. The van der Waals surface area contributed by atoms with Crippen molar-refractivity contribution in [3.8, 4) is 0 Å². The molecule has 1 aromatic carbocycles. The number of rotatable bonds is 5. The van der Waals surface area contributed by atoms with Crippen molar-refractivity contribution < 1.29 is 9.18 Å². The molecule has 1 aromatic heterocycles. The molecule has 0 atom stereocenters. The van der Waals surface area contributed by atoms with E-state index in [1.807, 2.05) is 0 Å². The molecule has 0 radical (unpaired) electrons. The van der Waals surface area contributed by atoms with E-state index >= 15 is 0 Å². The molecule has 0 saturated heterocycles. The predicted molar refractivity (Wildman–Crippen MR) is 97.3 cm³/mol. The predicted octanol–water partition coefficient (Wildman–Crippen LogP) is 4.51. The van der Waals surface area contributed by atoms with E-state index in [0.717, 1.165) is 6.42 Å². The summed E-state index contributed by atoms with van der Waals surface area (Å²) in [5, 5.41) is 1.82. The highest BCUT2D eigenvalue weighted by Gasteiger charge is 2.20. The van der Waals surface area contributed by atoms with Gasteiger partial charge in [-0.15, -0.1) is 0 Å². The first kappa shape index (κ1) is 19.4. The van der Waals surface area contributed by atoms with Gasteiger partial charge in [0.25, 0.3) is 5.91 Å². The average molecular weight is 385 g/mol. The Hall–Kier alpha value is -1.92. The van der Waals surface area contributed by atoms with Crippen molar-refractivity contribution in [1.29, 1.82) is 0 Å². The number of benzene rings is 1. The zero-order chi connectivity index (χ0) is 18.6. The van der Waals surface area contributed by atoms with Gasteiger partial charge in [-0.1, -0.05) is 32.4 Å². The average Bonchev–Trinajstić information content (AvgIpc) is 2.53. The van der Waals surface area contributed by atoms with Gasteiger partial charge in [-0.05, 0) is 47.7 Å². The van der Waals surface area contributed by atoms with E-state index in [9.17, 15) is 9.18 Å². The number of hydrogen-bond donors (Lipinski definition) is 1. The minimum Gasteiger partial charge on any atom is -0.267 e. The lowest BCUT2D eigenvalue weighted by Gasteiger charge is -2.28. The molecular weight excluding hydrogens is 366 g/mol. The van der Waals surface area contributed by atoms with Crippen molar-refractivity contribution in [3.05, 3.63) is 52.1 Å². The van der Waals surface area contributed by atoms with Crippen molar-refractivity contribution in [3.63, 3.8) is 0 Å². The highest BCUT2D eigenvalue weighted by molar-refractivity contribution is 6.33. The van der Waals surface area contributed by atoms with Gasteiger partial charge in [0, 0.05) is 12.1 Å². The van der Waals surface area contributed by atoms with Crippen LogP contribution in [-0.4, -0.2) is 22.4 Å². The second-order valence-corrected chi connectivity index (χ2v) is 7.47. The fourth-order valence-electron chi connectivity index (χ4n) is 1.98. The molecule has 0 fully saturated rings. The number of nitrogens with one attached hydrogen (secondary N) is 1. The van der Waals surface area contributed by atoms with E-state index in [0.29, 0.717) is 17.9 Å². The number of aromatic nitrogens is 2. The first-order valence-electron chi connectivity index (χ1n) is 7.68. The van der Waals surface area contributed by atoms with E-state index in [1.54, 1.807) is 0 Å². The Morgan fingerprint density at radius 2 is 1.88 bits per heavy atom. The number of amides is 1. The first-order valence-corrected chi connectivity index (χ1v) is 8.43. The lowest BCUT2D eigenvalue weighted by atomic mass is 9.92. The largest absolute Gasteiger partial charge is 0.269 e. The van der Waals surface area contributed by atoms with Crippen molar-refractivity contribution in [2.75, 3.05) is 11.6 Å². The van der Waals surface area contributed by atoms with Gasteiger partial charge in [-0.2, -0.15) is 4.98 Å². The van der Waals surface area contributed by atoms with Crippen molar-refractivity contribution in [1.82, 2.24) is 15.4 Å². The van der Waals surface area contributed by atoms with Gasteiger partial charge in [0.2, 0.25) is 5.28 Å². The fourth-order valence-corrected chi connectivity index (χ4v) is 2.30. The van der Waals surface area contributed by atoms with Crippen LogP contribution in [0.3, 0.4) is 0 Å². The van der Waals surface area contributed by atoms with Crippen LogP contribution < -0.4 is 10.4 Å². The third kappa shape index (κ3) is 5.83. The summed E-state index contributed by atoms with van der Waals surface area (Å²) in [6.45, 7) is 6.72. The van der Waals surface area contributed by atoms with Crippen molar-refractivity contribution in [2.24, 2.45) is 5.41 Å². The zero-order valence-corrected chi connectivity index (χ0v) is 15.7. The molecular formula is C17H19Cl2FN4O. The van der Waals surface area contributed by atoms with Crippen LogP contribution in [0, 0.1) is 11.2 Å². The molecule has 8 heteroatoms. The molecule has 25 heavy (non-hydrogen) atoms. The molecule has 1 N–H and O–H groups in total. The van der Waals surface area contributed by atoms with Crippen LogP contribution in [0.25, 0.3) is 0 Å². The zero-order valence-electron chi connectivity index (χ0n) is 14.2. The van der Waals surface area contributed by atoms with Crippen LogP contribution in [0.4, 0.5) is 10.2 Å². The normalized spacial score (nSPS) is 11.3. The molecule has 2 rings (SSSR count). The minimum atomic E-state index is -0.410. The third-order valence-corrected chi connectivity index (χ3v) is 3.83. The maximum absolute atomic E-state index is 13.0. The van der Waals surface area contributed by atoms with Crippen LogP contribution in [0.15, 0.2) is 30.5 Å². The van der Waals surface area contributed by atoms with Gasteiger partial charge in [-0.3, -0.25) is 15.2 Å². The highest BCUT2D eigenvalue weighted by atomic mass is 35.5. The molecule has 0 unspecified atom stereocenters. The number of carbonyl (C=O) groups excluding carboxylic acids is 1. The second kappa shape index (κ2) is 7.97. The molecule has 5 nitrogen and oxygen atoms in total. The van der Waals surface area contributed by atoms with Gasteiger partial charge in [0.15, 0.2) is 5.82 Å². The topological polar surface area (TPSA) is 58.1 Å². The molecule has 0 aliphatic rings. The van der Waals surface area contributed by atoms with E-state index < -0.39 is 11.7 Å². The van der Waals surface area contributed by atoms with E-state index in [2.05, 4.69) is 36.2 Å². The van der Waals surface area contributed by atoms with Crippen LogP contribution in [0.1, 0.15) is 37.6 Å². The number of hydrogen-bond acceptors (Lipinski definition) is 4. The van der Waals surface area contributed by atoms with Crippen LogP contribution in [0.2, 0.25) is 10.3 Å². The quantitative estimate of drug-likeness (QED) is 0.608. The molecule has 134 valence electrons. The number of carbonyl (C=O) groups is 1. The van der Waals surface area contributed by atoms with Gasteiger partial charge in [-0.25, -0.2) is 9.37 Å². The Labute approximate surface area is 156 Å². The summed E-state index contributed by atoms with van der Waals surface area (Å²) in [6.07, 6.45) is 2.13. The van der Waals surface area contributed by atoms with Crippen molar-refractivity contribution in [2.45, 2.75) is 27.2 Å². The van der Waals surface area contributed by atoms with Crippen LogP contribution in [0.5, 0.6) is 0 Å². The smallest absolute Gasteiger partial charge is 0.267 e. The second-order valence-electron chi connectivity index (χ2n) is 6.72. The molecule has 0 spiro atoms. The lowest BCUT2D eigenvalue weighted by molar-refractivity contribution is 0.0947. The number of hydrazine groups is 1. The molecule has 0 saturated carbocycles. The Bertz CT molecular complexity index is 747. The monoisotopic (exact) mass is 384 g/mol. The van der Waals surface area contributed by atoms with Gasteiger partial charge in [0.1, 0.15) is 10.8 Å². The SMILES string of the molecule is CC(C)(C)CCN(NC(=O)c1ccc(F)cc1)c1nc(Cl)ncc1Cl. The summed E-state index contributed by atoms with van der Waals surface area (Å²) in [6, 6.07) is 5.26. The maximum atomic E-state index is 13.0.